The van der Waals surface area contributed by atoms with Gasteiger partial charge in [-0.1, -0.05) is 53.5 Å². The second-order valence-electron chi connectivity index (χ2n) is 3.65. The third-order valence-corrected chi connectivity index (χ3v) is 3.23. The van der Waals surface area contributed by atoms with Crippen molar-refractivity contribution < 1.29 is 14.3 Å². The Kier molecular flexibility index (Phi) is 3.89. The van der Waals surface area contributed by atoms with Gasteiger partial charge < -0.3 is 10.1 Å². The highest BCUT2D eigenvalue weighted by molar-refractivity contribution is 6.49. The van der Waals surface area contributed by atoms with Gasteiger partial charge in [-0.25, -0.2) is 4.79 Å². The molecule has 94 valence electrons. The van der Waals surface area contributed by atoms with E-state index >= 15 is 0 Å². The van der Waals surface area contributed by atoms with Crippen LogP contribution in [-0.4, -0.2) is 18.0 Å². The highest BCUT2D eigenvalue weighted by Gasteiger charge is 2.37. The van der Waals surface area contributed by atoms with Crippen LogP contribution in [-0.2, 0) is 20.9 Å². The van der Waals surface area contributed by atoms with E-state index in [1.165, 1.54) is 0 Å². The average Bonchev–Trinajstić information content (AvgIpc) is 2.65. The summed E-state index contributed by atoms with van der Waals surface area (Å²) in [5.41, 5.74) is 0.932. The molecule has 1 aromatic rings. The van der Waals surface area contributed by atoms with Crippen LogP contribution in [0.25, 0.3) is 0 Å². The Balaban J connectivity index is 1.96. The summed E-state index contributed by atoms with van der Waals surface area (Å²) in [6, 6.07) is 9.34. The van der Waals surface area contributed by atoms with Crippen molar-refractivity contribution in [2.24, 2.45) is 0 Å². The van der Waals surface area contributed by atoms with Crippen LogP contribution < -0.4 is 5.32 Å². The molecule has 1 atom stereocenters. The Morgan fingerprint density at radius 3 is 2.50 bits per heavy atom. The Morgan fingerprint density at radius 1 is 1.28 bits per heavy atom. The average molecular weight is 286 g/mol. The van der Waals surface area contributed by atoms with Crippen LogP contribution in [0.15, 0.2) is 40.4 Å². The van der Waals surface area contributed by atoms with E-state index in [0.29, 0.717) is 6.54 Å². The van der Waals surface area contributed by atoms with E-state index < -0.39 is 18.0 Å². The predicted molar refractivity (Wildman–Crippen MR) is 66.9 cm³/mol. The van der Waals surface area contributed by atoms with Crippen molar-refractivity contribution in [2.75, 3.05) is 0 Å². The minimum atomic E-state index is -1.14. The minimum Gasteiger partial charge on any atom is -0.442 e. The lowest BCUT2D eigenvalue weighted by Crippen LogP contribution is -2.35. The zero-order valence-corrected chi connectivity index (χ0v) is 10.7. The molecule has 1 amide bonds. The quantitative estimate of drug-likeness (QED) is 0.864. The zero-order valence-electron chi connectivity index (χ0n) is 9.15. The number of nitrogens with one attached hydrogen (secondary N) is 1. The highest BCUT2D eigenvalue weighted by atomic mass is 35.5. The largest absolute Gasteiger partial charge is 0.442 e. The molecule has 1 aromatic carbocycles. The molecule has 0 saturated carbocycles. The second-order valence-corrected chi connectivity index (χ2v) is 4.44. The molecule has 0 saturated heterocycles. The van der Waals surface area contributed by atoms with Crippen LogP contribution in [0.3, 0.4) is 0 Å². The van der Waals surface area contributed by atoms with Gasteiger partial charge in [0.05, 0.1) is 5.03 Å². The Bertz CT molecular complexity index is 513. The van der Waals surface area contributed by atoms with Crippen molar-refractivity contribution in [1.82, 2.24) is 5.32 Å². The monoisotopic (exact) mass is 285 g/mol. The number of cyclic esters (lactones) is 1. The van der Waals surface area contributed by atoms with E-state index in [2.05, 4.69) is 5.32 Å². The first-order chi connectivity index (χ1) is 8.59. The maximum atomic E-state index is 11.8. The van der Waals surface area contributed by atoms with Crippen LogP contribution >= 0.6 is 23.2 Å². The van der Waals surface area contributed by atoms with Gasteiger partial charge in [0.15, 0.2) is 0 Å². The van der Waals surface area contributed by atoms with Crippen molar-refractivity contribution in [3.63, 3.8) is 0 Å². The topological polar surface area (TPSA) is 55.4 Å². The summed E-state index contributed by atoms with van der Waals surface area (Å²) in [6.45, 7) is 0.329. The van der Waals surface area contributed by atoms with Gasteiger partial charge in [0.25, 0.3) is 5.91 Å². The maximum Gasteiger partial charge on any atom is 0.352 e. The van der Waals surface area contributed by atoms with Crippen molar-refractivity contribution in [1.29, 1.82) is 0 Å². The third-order valence-electron chi connectivity index (χ3n) is 2.39. The SMILES string of the molecule is O=C1OC(C(=O)NCc2ccccc2)C(Cl)=C1Cl. The Morgan fingerprint density at radius 2 is 1.94 bits per heavy atom. The van der Waals surface area contributed by atoms with Gasteiger partial charge in [0, 0.05) is 6.54 Å². The molecule has 1 N–H and O–H groups in total. The van der Waals surface area contributed by atoms with E-state index in [0.717, 1.165) is 5.56 Å². The molecule has 1 heterocycles. The smallest absolute Gasteiger partial charge is 0.352 e. The summed E-state index contributed by atoms with van der Waals surface area (Å²) >= 11 is 11.3. The number of hydrogen-bond donors (Lipinski definition) is 1. The van der Waals surface area contributed by atoms with Crippen LogP contribution in [0.2, 0.25) is 0 Å². The first kappa shape index (κ1) is 12.9. The first-order valence-corrected chi connectivity index (χ1v) is 5.93. The molecular weight excluding hydrogens is 277 g/mol. The molecule has 0 spiro atoms. The van der Waals surface area contributed by atoms with E-state index in [1.54, 1.807) is 0 Å². The maximum absolute atomic E-state index is 11.8. The van der Waals surface area contributed by atoms with Crippen LogP contribution in [0, 0.1) is 0 Å². The second kappa shape index (κ2) is 5.42. The molecule has 0 bridgehead atoms. The van der Waals surface area contributed by atoms with Crippen molar-refractivity contribution in [3.8, 4) is 0 Å². The molecule has 1 aliphatic heterocycles. The summed E-state index contributed by atoms with van der Waals surface area (Å²) in [7, 11) is 0. The molecule has 6 heteroatoms. The molecule has 18 heavy (non-hydrogen) atoms. The van der Waals surface area contributed by atoms with E-state index in [1.807, 2.05) is 30.3 Å². The lowest BCUT2D eigenvalue weighted by atomic mass is 10.2. The molecule has 0 radical (unpaired) electrons. The van der Waals surface area contributed by atoms with Gasteiger partial charge in [-0.3, -0.25) is 4.79 Å². The Labute approximate surface area is 114 Å². The normalized spacial score (nSPS) is 18.8. The fourth-order valence-electron chi connectivity index (χ4n) is 1.47. The molecule has 4 nitrogen and oxygen atoms in total. The fraction of sp³-hybridized carbons (Fsp3) is 0.167. The van der Waals surface area contributed by atoms with Crippen molar-refractivity contribution in [3.05, 3.63) is 46.0 Å². The van der Waals surface area contributed by atoms with Crippen LogP contribution in [0.5, 0.6) is 0 Å². The first-order valence-electron chi connectivity index (χ1n) is 5.17. The number of esters is 1. The number of carbonyl (C=O) groups excluding carboxylic acids is 2. The summed E-state index contributed by atoms with van der Waals surface area (Å²) in [5.74, 6) is -1.27. The molecular formula is C12H9Cl2NO3. The summed E-state index contributed by atoms with van der Waals surface area (Å²) in [5, 5.41) is 2.30. The fourth-order valence-corrected chi connectivity index (χ4v) is 1.83. The summed E-state index contributed by atoms with van der Waals surface area (Å²) < 4.78 is 4.75. The molecule has 1 unspecified atom stereocenters. The lowest BCUT2D eigenvalue weighted by molar-refractivity contribution is -0.146. The predicted octanol–water partition coefficient (Wildman–Crippen LogP) is 1.92. The number of halogens is 2. The van der Waals surface area contributed by atoms with Gasteiger partial charge in [0.1, 0.15) is 5.03 Å². The van der Waals surface area contributed by atoms with Crippen molar-refractivity contribution >= 4 is 35.1 Å². The van der Waals surface area contributed by atoms with E-state index in [9.17, 15) is 9.59 Å². The van der Waals surface area contributed by atoms with Crippen molar-refractivity contribution in [2.45, 2.75) is 12.6 Å². The van der Waals surface area contributed by atoms with Gasteiger partial charge in [-0.05, 0) is 5.56 Å². The van der Waals surface area contributed by atoms with Gasteiger partial charge in [-0.2, -0.15) is 0 Å². The lowest BCUT2D eigenvalue weighted by Gasteiger charge is -2.10. The minimum absolute atomic E-state index is 0.0766. The summed E-state index contributed by atoms with van der Waals surface area (Å²) in [6.07, 6.45) is -1.14. The molecule has 1 aliphatic rings. The zero-order chi connectivity index (χ0) is 13.1. The third kappa shape index (κ3) is 2.66. The number of amides is 1. The van der Waals surface area contributed by atoms with Gasteiger partial charge in [-0.15, -0.1) is 0 Å². The van der Waals surface area contributed by atoms with E-state index in [-0.39, 0.29) is 10.1 Å². The van der Waals surface area contributed by atoms with Crippen LogP contribution in [0.1, 0.15) is 5.56 Å². The molecule has 0 fully saturated rings. The van der Waals surface area contributed by atoms with Gasteiger partial charge >= 0.3 is 5.97 Å². The van der Waals surface area contributed by atoms with E-state index in [4.69, 9.17) is 27.9 Å². The number of hydrogen-bond acceptors (Lipinski definition) is 3. The number of benzene rings is 1. The number of carbonyl (C=O) groups is 2. The number of rotatable bonds is 3. The Hall–Kier alpha value is -1.52. The van der Waals surface area contributed by atoms with Gasteiger partial charge in [0.2, 0.25) is 6.10 Å². The highest BCUT2D eigenvalue weighted by Crippen LogP contribution is 2.28. The number of ether oxygens (including phenoxy) is 1. The molecule has 0 aromatic heterocycles. The molecule has 0 aliphatic carbocycles. The standard InChI is InChI=1S/C12H9Cl2NO3/c13-8-9(14)12(17)18-10(8)11(16)15-6-7-4-2-1-3-5-7/h1-5,10H,6H2,(H,15,16). The van der Waals surface area contributed by atoms with Crippen LogP contribution in [0.4, 0.5) is 0 Å². The molecule has 2 rings (SSSR count). The summed E-state index contributed by atoms with van der Waals surface area (Å²) in [4.78, 5) is 22.9.